The lowest BCUT2D eigenvalue weighted by Gasteiger charge is -2.21. The summed E-state index contributed by atoms with van der Waals surface area (Å²) in [5, 5.41) is 13.3. The van der Waals surface area contributed by atoms with Gasteiger partial charge in [0.05, 0.1) is 32.0 Å². The molecule has 0 amide bonds. The predicted octanol–water partition coefficient (Wildman–Crippen LogP) is 3.05. The number of benzene rings is 1. The normalized spacial score (nSPS) is 16.2. The van der Waals surface area contributed by atoms with Gasteiger partial charge in [-0.15, -0.1) is 5.10 Å². The van der Waals surface area contributed by atoms with Crippen molar-refractivity contribution in [3.63, 3.8) is 0 Å². The van der Waals surface area contributed by atoms with Gasteiger partial charge in [-0.3, -0.25) is 9.69 Å². The third kappa shape index (κ3) is 5.04. The second-order valence-corrected chi connectivity index (χ2v) is 8.54. The molecule has 0 aliphatic carbocycles. The minimum absolute atomic E-state index is 0.0878. The molecule has 1 unspecified atom stereocenters. The van der Waals surface area contributed by atoms with Gasteiger partial charge in [-0.1, -0.05) is 13.0 Å². The van der Waals surface area contributed by atoms with Crippen LogP contribution in [0.1, 0.15) is 42.5 Å². The molecule has 1 atom stereocenters. The Bertz CT molecular complexity index is 1260. The summed E-state index contributed by atoms with van der Waals surface area (Å²) in [5.74, 6) is 1.56. The number of tetrazole rings is 1. The molecule has 1 aromatic carbocycles. The zero-order chi connectivity index (χ0) is 22.6. The second kappa shape index (κ2) is 9.68. The van der Waals surface area contributed by atoms with Crippen molar-refractivity contribution in [2.45, 2.75) is 58.5 Å². The van der Waals surface area contributed by atoms with E-state index in [1.165, 1.54) is 5.56 Å². The van der Waals surface area contributed by atoms with Crippen molar-refractivity contribution in [1.29, 1.82) is 0 Å². The topological polar surface area (TPSA) is 102 Å². The molecule has 3 aromatic heterocycles. The van der Waals surface area contributed by atoms with Crippen molar-refractivity contribution in [3.8, 4) is 0 Å². The van der Waals surface area contributed by atoms with Crippen molar-refractivity contribution in [2.24, 2.45) is 0 Å². The van der Waals surface area contributed by atoms with Gasteiger partial charge in [0.1, 0.15) is 5.76 Å². The fourth-order valence-corrected chi connectivity index (χ4v) is 4.33. The lowest BCUT2D eigenvalue weighted by atomic mass is 10.1. The molecule has 5 rings (SSSR count). The van der Waals surface area contributed by atoms with E-state index in [1.54, 1.807) is 6.26 Å². The number of rotatable bonds is 9. The number of furan rings is 1. The van der Waals surface area contributed by atoms with E-state index in [0.717, 1.165) is 48.4 Å². The molecule has 1 fully saturated rings. The molecule has 0 saturated carbocycles. The summed E-state index contributed by atoms with van der Waals surface area (Å²) in [6.45, 7) is 5.00. The van der Waals surface area contributed by atoms with Crippen LogP contribution in [0.4, 0.5) is 0 Å². The molecule has 0 radical (unpaired) electrons. The standard InChI is InChI=1S/C24H28N6O3/c1-2-17-7-8-22-18(11-17)12-19(24(31)25-22)13-29(14-20-5-3-9-32-20)16-23-26-27-28-30(23)15-21-6-4-10-33-21/h3,5,7-9,11-12,21H,2,4,6,10,13-16H2,1H3,(H,25,31). The van der Waals surface area contributed by atoms with Gasteiger partial charge in [-0.05, 0) is 71.0 Å². The van der Waals surface area contributed by atoms with Crippen LogP contribution in [0.15, 0.2) is 51.9 Å². The quantitative estimate of drug-likeness (QED) is 0.420. The first-order chi connectivity index (χ1) is 16.2. The number of nitrogens with zero attached hydrogens (tertiary/aromatic N) is 5. The maximum atomic E-state index is 12.9. The highest BCUT2D eigenvalue weighted by atomic mass is 16.5. The highest BCUT2D eigenvalue weighted by molar-refractivity contribution is 5.79. The number of hydrogen-bond acceptors (Lipinski definition) is 7. The maximum Gasteiger partial charge on any atom is 0.252 e. The molecule has 9 heteroatoms. The highest BCUT2D eigenvalue weighted by Gasteiger charge is 2.21. The average Bonchev–Trinajstić information content (AvgIpc) is 3.59. The van der Waals surface area contributed by atoms with Gasteiger partial charge in [0, 0.05) is 24.2 Å². The Kier molecular flexibility index (Phi) is 6.32. The summed E-state index contributed by atoms with van der Waals surface area (Å²) in [4.78, 5) is 18.0. The zero-order valence-corrected chi connectivity index (χ0v) is 18.7. The van der Waals surface area contributed by atoms with Crippen molar-refractivity contribution < 1.29 is 9.15 Å². The fourth-order valence-electron chi connectivity index (χ4n) is 4.33. The van der Waals surface area contributed by atoms with Crippen molar-refractivity contribution in [3.05, 3.63) is 75.7 Å². The van der Waals surface area contributed by atoms with E-state index >= 15 is 0 Å². The smallest absolute Gasteiger partial charge is 0.252 e. The Morgan fingerprint density at radius 1 is 1.21 bits per heavy atom. The number of hydrogen-bond donors (Lipinski definition) is 1. The zero-order valence-electron chi connectivity index (χ0n) is 18.7. The molecule has 172 valence electrons. The van der Waals surface area contributed by atoms with E-state index in [2.05, 4.69) is 44.5 Å². The number of ether oxygens (including phenoxy) is 1. The molecule has 4 aromatic rings. The van der Waals surface area contributed by atoms with Crippen LogP contribution < -0.4 is 5.56 Å². The predicted molar refractivity (Wildman–Crippen MR) is 122 cm³/mol. The van der Waals surface area contributed by atoms with E-state index in [9.17, 15) is 4.79 Å². The largest absolute Gasteiger partial charge is 0.468 e. The van der Waals surface area contributed by atoms with Gasteiger partial charge >= 0.3 is 0 Å². The lowest BCUT2D eigenvalue weighted by Crippen LogP contribution is -2.28. The number of aromatic amines is 1. The van der Waals surface area contributed by atoms with E-state index < -0.39 is 0 Å². The highest BCUT2D eigenvalue weighted by Crippen LogP contribution is 2.18. The Labute approximate surface area is 191 Å². The Hall–Kier alpha value is -3.30. The van der Waals surface area contributed by atoms with Gasteiger partial charge in [0.15, 0.2) is 5.82 Å². The first-order valence-corrected chi connectivity index (χ1v) is 11.4. The number of pyridine rings is 1. The number of aromatic nitrogens is 5. The van der Waals surface area contributed by atoms with Gasteiger partial charge in [-0.25, -0.2) is 4.68 Å². The number of fused-ring (bicyclic) bond motifs is 1. The molecule has 0 spiro atoms. The summed E-state index contributed by atoms with van der Waals surface area (Å²) in [6, 6.07) is 11.9. The van der Waals surface area contributed by atoms with Crippen molar-refractivity contribution in [1.82, 2.24) is 30.1 Å². The van der Waals surface area contributed by atoms with Gasteiger partial charge in [-0.2, -0.15) is 0 Å². The number of aryl methyl sites for hydroxylation is 1. The molecule has 1 N–H and O–H groups in total. The summed E-state index contributed by atoms with van der Waals surface area (Å²) in [6.07, 6.45) is 4.83. The Morgan fingerprint density at radius 3 is 2.94 bits per heavy atom. The van der Waals surface area contributed by atoms with Crippen LogP contribution in [-0.4, -0.2) is 42.8 Å². The molecule has 4 heterocycles. The fraction of sp³-hybridized carbons (Fsp3) is 0.417. The summed E-state index contributed by atoms with van der Waals surface area (Å²) < 4.78 is 13.1. The van der Waals surface area contributed by atoms with Crippen LogP contribution >= 0.6 is 0 Å². The minimum Gasteiger partial charge on any atom is -0.468 e. The van der Waals surface area contributed by atoms with Gasteiger partial charge in [0.25, 0.3) is 5.56 Å². The Balaban J connectivity index is 1.41. The molecular formula is C24H28N6O3. The maximum absolute atomic E-state index is 12.9. The number of H-pyrrole nitrogens is 1. The SMILES string of the molecule is CCc1ccc2[nH]c(=O)c(CN(Cc3ccco3)Cc3nnnn3CC3CCCO3)cc2c1. The third-order valence-corrected chi connectivity index (χ3v) is 6.12. The van der Waals surface area contributed by atoms with Crippen molar-refractivity contribution >= 4 is 10.9 Å². The van der Waals surface area contributed by atoms with Crippen LogP contribution in [0, 0.1) is 0 Å². The third-order valence-electron chi connectivity index (χ3n) is 6.12. The Morgan fingerprint density at radius 2 is 2.15 bits per heavy atom. The van der Waals surface area contributed by atoms with E-state index in [4.69, 9.17) is 9.15 Å². The second-order valence-electron chi connectivity index (χ2n) is 8.54. The molecule has 9 nitrogen and oxygen atoms in total. The van der Waals surface area contributed by atoms with Crippen LogP contribution in [-0.2, 0) is 37.3 Å². The molecular weight excluding hydrogens is 420 g/mol. The van der Waals surface area contributed by atoms with Crippen LogP contribution in [0.25, 0.3) is 10.9 Å². The first-order valence-electron chi connectivity index (χ1n) is 11.4. The minimum atomic E-state index is -0.0878. The van der Waals surface area contributed by atoms with Crippen LogP contribution in [0.2, 0.25) is 0 Å². The summed E-state index contributed by atoms with van der Waals surface area (Å²) >= 11 is 0. The lowest BCUT2D eigenvalue weighted by molar-refractivity contribution is 0.0913. The van der Waals surface area contributed by atoms with Crippen molar-refractivity contribution in [2.75, 3.05) is 6.61 Å². The van der Waals surface area contributed by atoms with Gasteiger partial charge < -0.3 is 14.1 Å². The molecule has 33 heavy (non-hydrogen) atoms. The van der Waals surface area contributed by atoms with E-state index in [0.29, 0.717) is 31.7 Å². The van der Waals surface area contributed by atoms with E-state index in [1.807, 2.05) is 28.9 Å². The average molecular weight is 449 g/mol. The van der Waals surface area contributed by atoms with Crippen LogP contribution in [0.5, 0.6) is 0 Å². The van der Waals surface area contributed by atoms with Crippen LogP contribution in [0.3, 0.4) is 0 Å². The number of nitrogens with one attached hydrogen (secondary N) is 1. The molecule has 1 aliphatic heterocycles. The molecule has 0 bridgehead atoms. The van der Waals surface area contributed by atoms with E-state index in [-0.39, 0.29) is 11.7 Å². The first kappa shape index (κ1) is 21.5. The summed E-state index contributed by atoms with van der Waals surface area (Å²) in [7, 11) is 0. The van der Waals surface area contributed by atoms with Gasteiger partial charge in [0.2, 0.25) is 0 Å². The molecule has 1 saturated heterocycles. The molecule has 1 aliphatic rings. The monoisotopic (exact) mass is 448 g/mol. The summed E-state index contributed by atoms with van der Waals surface area (Å²) in [5.41, 5.74) is 2.69.